The molecule has 0 saturated carbocycles. The summed E-state index contributed by atoms with van der Waals surface area (Å²) in [6.07, 6.45) is 1.77. The van der Waals surface area contributed by atoms with Gasteiger partial charge in [-0.1, -0.05) is 30.3 Å². The fourth-order valence-electron chi connectivity index (χ4n) is 2.82. The van der Waals surface area contributed by atoms with E-state index in [0.29, 0.717) is 11.1 Å². The summed E-state index contributed by atoms with van der Waals surface area (Å²) in [6, 6.07) is 13.0. The van der Waals surface area contributed by atoms with Crippen molar-refractivity contribution in [1.82, 2.24) is 5.32 Å². The van der Waals surface area contributed by atoms with Gasteiger partial charge in [0.05, 0.1) is 12.1 Å². The van der Waals surface area contributed by atoms with Crippen molar-refractivity contribution in [2.24, 2.45) is 0 Å². The van der Waals surface area contributed by atoms with Crippen LogP contribution in [0.25, 0.3) is 11.0 Å². The molecule has 7 nitrogen and oxygen atoms in total. The molecule has 3 rings (SSSR count). The first-order valence-corrected chi connectivity index (χ1v) is 10.6. The van der Waals surface area contributed by atoms with Gasteiger partial charge in [0.15, 0.2) is 0 Å². The van der Waals surface area contributed by atoms with Crippen LogP contribution in [0.4, 0.5) is 0 Å². The molecular formula is C21H19NO6S. The first kappa shape index (κ1) is 20.5. The van der Waals surface area contributed by atoms with Crippen LogP contribution in [0.15, 0.2) is 62.6 Å². The Balaban J connectivity index is 1.70. The third kappa shape index (κ3) is 4.60. The van der Waals surface area contributed by atoms with Gasteiger partial charge in [-0.15, -0.1) is 0 Å². The zero-order valence-corrected chi connectivity index (χ0v) is 16.7. The zero-order valence-electron chi connectivity index (χ0n) is 15.9. The van der Waals surface area contributed by atoms with E-state index in [4.69, 9.17) is 9.15 Å². The number of fused-ring (bicyclic) bond motifs is 1. The molecule has 2 aromatic carbocycles. The van der Waals surface area contributed by atoms with Crippen molar-refractivity contribution >= 4 is 33.7 Å². The van der Waals surface area contributed by atoms with Crippen molar-refractivity contribution < 1.29 is 23.8 Å². The minimum absolute atomic E-state index is 0.0956. The Morgan fingerprint density at radius 3 is 2.59 bits per heavy atom. The molecule has 0 aliphatic rings. The van der Waals surface area contributed by atoms with Crippen molar-refractivity contribution in [3.05, 3.63) is 64.5 Å². The van der Waals surface area contributed by atoms with E-state index in [1.54, 1.807) is 48.7 Å². The second-order valence-electron chi connectivity index (χ2n) is 6.23. The lowest BCUT2D eigenvalue weighted by Gasteiger charge is -2.14. The maximum absolute atomic E-state index is 12.7. The van der Waals surface area contributed by atoms with Crippen molar-refractivity contribution in [3.8, 4) is 11.5 Å². The SMILES string of the molecule is CC(=O)Oc1ccccc1C(=O)NCC[S+](C)c1c([O-])c2ccccc2oc1=O. The highest BCUT2D eigenvalue weighted by Gasteiger charge is 2.24. The minimum atomic E-state index is -0.719. The van der Waals surface area contributed by atoms with Gasteiger partial charge < -0.3 is 19.6 Å². The number of para-hydroxylation sites is 2. The lowest BCUT2D eigenvalue weighted by atomic mass is 10.2. The minimum Gasteiger partial charge on any atom is -0.868 e. The standard InChI is InChI=1S/C21H19NO6S/c1-13(23)27-17-10-6-4-8-15(17)20(25)22-11-12-29(2)19-18(24)14-7-3-5-9-16(14)28-21(19)26/h3-10H,11-12H2,1-2H3,(H-,22,24,25,26). The van der Waals surface area contributed by atoms with Gasteiger partial charge in [0, 0.05) is 23.2 Å². The Bertz CT molecular complexity index is 1120. The number of hydrogen-bond donors (Lipinski definition) is 1. The van der Waals surface area contributed by atoms with Crippen molar-refractivity contribution in [2.45, 2.75) is 11.8 Å². The molecule has 0 fully saturated rings. The first-order valence-electron chi connectivity index (χ1n) is 8.79. The topological polar surface area (TPSA) is 109 Å². The van der Waals surface area contributed by atoms with Gasteiger partial charge >= 0.3 is 11.6 Å². The van der Waals surface area contributed by atoms with Gasteiger partial charge in [-0.05, 0) is 23.9 Å². The number of amides is 1. The lowest BCUT2D eigenvalue weighted by molar-refractivity contribution is -0.270. The molecule has 0 saturated heterocycles. The predicted molar refractivity (Wildman–Crippen MR) is 108 cm³/mol. The van der Waals surface area contributed by atoms with Gasteiger partial charge in [0.2, 0.25) is 4.90 Å². The summed E-state index contributed by atoms with van der Waals surface area (Å²) >= 11 is 0. The summed E-state index contributed by atoms with van der Waals surface area (Å²) < 4.78 is 10.3. The van der Waals surface area contributed by atoms with E-state index in [-0.39, 0.29) is 34.1 Å². The van der Waals surface area contributed by atoms with Crippen LogP contribution in [-0.2, 0) is 15.7 Å². The molecule has 8 heteroatoms. The highest BCUT2D eigenvalue weighted by Crippen LogP contribution is 2.27. The summed E-state index contributed by atoms with van der Waals surface area (Å²) in [6.45, 7) is 1.49. The highest BCUT2D eigenvalue weighted by atomic mass is 32.2. The average molecular weight is 413 g/mol. The quantitative estimate of drug-likeness (QED) is 0.286. The maximum Gasteiger partial charge on any atom is 0.391 e. The Hall–Kier alpha value is -3.26. The molecule has 1 atom stereocenters. The molecule has 1 amide bonds. The number of esters is 1. The van der Waals surface area contributed by atoms with Crippen LogP contribution in [0.3, 0.4) is 0 Å². The largest absolute Gasteiger partial charge is 0.868 e. The molecule has 0 aliphatic carbocycles. The monoisotopic (exact) mass is 413 g/mol. The van der Waals surface area contributed by atoms with Crippen LogP contribution in [0.5, 0.6) is 11.5 Å². The average Bonchev–Trinajstić information content (AvgIpc) is 2.68. The van der Waals surface area contributed by atoms with E-state index in [1.807, 2.05) is 0 Å². The van der Waals surface area contributed by atoms with Crippen LogP contribution < -0.4 is 20.8 Å². The van der Waals surface area contributed by atoms with Crippen LogP contribution in [-0.4, -0.2) is 30.4 Å². The normalized spacial score (nSPS) is 11.8. The second kappa shape index (κ2) is 8.83. The van der Waals surface area contributed by atoms with E-state index in [2.05, 4.69) is 5.32 Å². The summed E-state index contributed by atoms with van der Waals surface area (Å²) in [5.74, 6) is -0.711. The molecule has 0 aliphatic heterocycles. The fraction of sp³-hybridized carbons (Fsp3) is 0.190. The highest BCUT2D eigenvalue weighted by molar-refractivity contribution is 7.96. The smallest absolute Gasteiger partial charge is 0.391 e. The Kier molecular flexibility index (Phi) is 6.23. The van der Waals surface area contributed by atoms with Gasteiger partial charge in [-0.25, -0.2) is 4.79 Å². The molecule has 0 radical (unpaired) electrons. The van der Waals surface area contributed by atoms with Crippen molar-refractivity contribution in [3.63, 3.8) is 0 Å². The summed E-state index contributed by atoms with van der Waals surface area (Å²) in [4.78, 5) is 36.0. The van der Waals surface area contributed by atoms with Crippen LogP contribution in [0.2, 0.25) is 0 Å². The lowest BCUT2D eigenvalue weighted by Crippen LogP contribution is -2.31. The Morgan fingerprint density at radius 2 is 1.83 bits per heavy atom. The third-order valence-electron chi connectivity index (χ3n) is 4.15. The van der Waals surface area contributed by atoms with Crippen LogP contribution in [0, 0.1) is 0 Å². The molecular weight excluding hydrogens is 394 g/mol. The fourth-order valence-corrected chi connectivity index (χ4v) is 4.18. The number of hydrogen-bond acceptors (Lipinski definition) is 6. The zero-order chi connectivity index (χ0) is 21.0. The van der Waals surface area contributed by atoms with Gasteiger partial charge in [-0.2, -0.15) is 0 Å². The van der Waals surface area contributed by atoms with Gasteiger partial charge in [0.25, 0.3) is 5.91 Å². The van der Waals surface area contributed by atoms with E-state index in [9.17, 15) is 19.5 Å². The number of carbonyl (C=O) groups excluding carboxylic acids is 2. The molecule has 0 spiro atoms. The van der Waals surface area contributed by atoms with Crippen LogP contribution >= 0.6 is 0 Å². The van der Waals surface area contributed by atoms with Gasteiger partial charge in [-0.3, -0.25) is 9.59 Å². The summed E-state index contributed by atoms with van der Waals surface area (Å²) in [7, 11) is -0.719. The second-order valence-corrected chi connectivity index (χ2v) is 8.32. The van der Waals surface area contributed by atoms with Gasteiger partial charge in [0.1, 0.15) is 23.3 Å². The van der Waals surface area contributed by atoms with Crippen molar-refractivity contribution in [2.75, 3.05) is 18.6 Å². The number of carbonyl (C=O) groups is 2. The number of ether oxygens (including phenoxy) is 1. The molecule has 29 heavy (non-hydrogen) atoms. The number of nitrogens with one attached hydrogen (secondary N) is 1. The predicted octanol–water partition coefficient (Wildman–Crippen LogP) is 1.83. The maximum atomic E-state index is 12.7. The van der Waals surface area contributed by atoms with E-state index in [1.165, 1.54) is 13.0 Å². The molecule has 1 unspecified atom stereocenters. The Morgan fingerprint density at radius 1 is 1.14 bits per heavy atom. The molecule has 150 valence electrons. The summed E-state index contributed by atoms with van der Waals surface area (Å²) in [5.41, 5.74) is -0.155. The molecule has 1 heterocycles. The molecule has 1 aromatic heterocycles. The summed E-state index contributed by atoms with van der Waals surface area (Å²) in [5, 5.41) is 15.8. The molecule has 1 N–H and O–H groups in total. The Labute approximate surface area is 169 Å². The molecule has 0 bridgehead atoms. The van der Waals surface area contributed by atoms with E-state index in [0.717, 1.165) is 0 Å². The van der Waals surface area contributed by atoms with Crippen LogP contribution in [0.1, 0.15) is 17.3 Å². The molecule has 3 aromatic rings. The number of benzene rings is 2. The van der Waals surface area contributed by atoms with E-state index < -0.39 is 28.4 Å². The van der Waals surface area contributed by atoms with E-state index >= 15 is 0 Å². The third-order valence-corrected chi connectivity index (χ3v) is 6.02. The number of rotatable bonds is 6. The first-order chi connectivity index (χ1) is 13.9. The van der Waals surface area contributed by atoms with Crippen molar-refractivity contribution in [1.29, 1.82) is 0 Å².